The van der Waals surface area contributed by atoms with Gasteiger partial charge in [-0.25, -0.2) is 4.39 Å². The maximum atomic E-state index is 13.5. The highest BCUT2D eigenvalue weighted by Gasteiger charge is 2.10. The van der Waals surface area contributed by atoms with Gasteiger partial charge in [0.05, 0.1) is 4.92 Å². The highest BCUT2D eigenvalue weighted by atomic mass is 19.1. The number of amides is 1. The molecule has 26 heavy (non-hydrogen) atoms. The van der Waals surface area contributed by atoms with Gasteiger partial charge < -0.3 is 10.6 Å². The van der Waals surface area contributed by atoms with Crippen LogP contribution in [0.2, 0.25) is 0 Å². The van der Waals surface area contributed by atoms with Crippen LogP contribution in [0.3, 0.4) is 0 Å². The van der Waals surface area contributed by atoms with E-state index in [2.05, 4.69) is 10.6 Å². The molecular weight excluding hydrogens is 339 g/mol. The lowest BCUT2D eigenvalue weighted by molar-refractivity contribution is -0.384. The van der Waals surface area contributed by atoms with E-state index in [1.807, 2.05) is 0 Å². The molecule has 2 N–H and O–H groups in total. The number of anilines is 1. The number of non-ortho nitro benzene ring substituents is 1. The van der Waals surface area contributed by atoms with Gasteiger partial charge in [0.15, 0.2) is 0 Å². The predicted octanol–water partition coefficient (Wildman–Crippen LogP) is 2.91. The lowest BCUT2D eigenvalue weighted by atomic mass is 10.1. The quantitative estimate of drug-likeness (QED) is 0.261. The molecule has 0 bridgehead atoms. The lowest BCUT2D eigenvalue weighted by Crippen LogP contribution is -2.18. The Balaban J connectivity index is 1.91. The summed E-state index contributed by atoms with van der Waals surface area (Å²) < 4.78 is 13.5. The minimum Gasteiger partial charge on any atom is -0.389 e. The number of nitrogens with zero attached hydrogens (tertiary/aromatic N) is 2. The molecule has 0 unspecified atom stereocenters. The average molecular weight is 354 g/mol. The first kappa shape index (κ1) is 18.6. The number of benzene rings is 2. The first-order valence-electron chi connectivity index (χ1n) is 7.64. The van der Waals surface area contributed by atoms with Crippen LogP contribution in [-0.4, -0.2) is 17.4 Å². The Labute approximate surface area is 148 Å². The van der Waals surface area contributed by atoms with E-state index in [0.29, 0.717) is 24.2 Å². The second kappa shape index (κ2) is 8.94. The molecule has 0 aromatic heterocycles. The molecule has 0 aliphatic rings. The second-order valence-corrected chi connectivity index (χ2v) is 5.22. The van der Waals surface area contributed by atoms with E-state index in [1.54, 1.807) is 24.3 Å². The van der Waals surface area contributed by atoms with Crippen LogP contribution >= 0.6 is 0 Å². The van der Waals surface area contributed by atoms with Crippen LogP contribution in [0.5, 0.6) is 0 Å². The van der Waals surface area contributed by atoms with Crippen molar-refractivity contribution in [3.8, 4) is 6.07 Å². The summed E-state index contributed by atoms with van der Waals surface area (Å²) in [5, 5.41) is 25.0. The predicted molar refractivity (Wildman–Crippen MR) is 93.5 cm³/mol. The molecule has 2 aromatic rings. The number of rotatable bonds is 7. The van der Waals surface area contributed by atoms with E-state index in [-0.39, 0.29) is 17.1 Å². The van der Waals surface area contributed by atoms with Gasteiger partial charge in [0.1, 0.15) is 17.5 Å². The molecule has 0 fully saturated rings. The Morgan fingerprint density at radius 1 is 1.23 bits per heavy atom. The second-order valence-electron chi connectivity index (χ2n) is 5.22. The molecule has 1 amide bonds. The van der Waals surface area contributed by atoms with Crippen molar-refractivity contribution in [3.05, 3.63) is 81.8 Å². The van der Waals surface area contributed by atoms with Gasteiger partial charge in [-0.1, -0.05) is 18.2 Å². The largest absolute Gasteiger partial charge is 0.389 e. The van der Waals surface area contributed by atoms with Crippen molar-refractivity contribution < 1.29 is 14.1 Å². The number of nitro groups is 1. The molecule has 0 aliphatic carbocycles. The Morgan fingerprint density at radius 2 is 1.92 bits per heavy atom. The molecule has 0 aliphatic heterocycles. The molecule has 132 valence electrons. The number of hydrogen-bond donors (Lipinski definition) is 2. The summed E-state index contributed by atoms with van der Waals surface area (Å²) in [6.07, 6.45) is 1.65. The topological polar surface area (TPSA) is 108 Å². The van der Waals surface area contributed by atoms with Crippen molar-refractivity contribution >= 4 is 17.3 Å². The van der Waals surface area contributed by atoms with Gasteiger partial charge in [-0.05, 0) is 30.2 Å². The van der Waals surface area contributed by atoms with E-state index >= 15 is 0 Å². The monoisotopic (exact) mass is 354 g/mol. The Kier molecular flexibility index (Phi) is 6.40. The zero-order valence-electron chi connectivity index (χ0n) is 13.6. The standard InChI is InChI=1S/C18H15FN4O3/c19-17-4-2-1-3-13(17)9-10-21-12-14(11-20)18(24)22-15-5-7-16(8-6-15)23(25)26/h1-8,12,21H,9-10H2,(H,22,24)/b14-12-. The summed E-state index contributed by atoms with van der Waals surface area (Å²) in [4.78, 5) is 22.1. The van der Waals surface area contributed by atoms with E-state index < -0.39 is 10.8 Å². The fraction of sp³-hybridized carbons (Fsp3) is 0.111. The molecule has 8 heteroatoms. The molecule has 0 saturated carbocycles. The fourth-order valence-corrected chi connectivity index (χ4v) is 2.10. The zero-order valence-corrected chi connectivity index (χ0v) is 13.6. The number of nitro benzene ring substituents is 1. The van der Waals surface area contributed by atoms with Crippen molar-refractivity contribution in [1.29, 1.82) is 5.26 Å². The normalized spacial score (nSPS) is 10.7. The number of halogens is 1. The Hall–Kier alpha value is -3.73. The molecule has 2 rings (SSSR count). The van der Waals surface area contributed by atoms with Crippen LogP contribution < -0.4 is 10.6 Å². The third-order valence-corrected chi connectivity index (χ3v) is 3.44. The third-order valence-electron chi connectivity index (χ3n) is 3.44. The van der Waals surface area contributed by atoms with Crippen LogP contribution in [0.4, 0.5) is 15.8 Å². The van der Waals surface area contributed by atoms with E-state index in [1.165, 1.54) is 36.5 Å². The first-order chi connectivity index (χ1) is 12.5. The van der Waals surface area contributed by atoms with Crippen molar-refractivity contribution in [2.45, 2.75) is 6.42 Å². The Morgan fingerprint density at radius 3 is 2.54 bits per heavy atom. The molecule has 0 atom stereocenters. The molecule has 0 heterocycles. The smallest absolute Gasteiger partial charge is 0.269 e. The lowest BCUT2D eigenvalue weighted by Gasteiger charge is -2.06. The maximum Gasteiger partial charge on any atom is 0.269 e. The van der Waals surface area contributed by atoms with Crippen molar-refractivity contribution in [1.82, 2.24) is 5.32 Å². The molecule has 7 nitrogen and oxygen atoms in total. The van der Waals surface area contributed by atoms with Crippen LogP contribution in [0.25, 0.3) is 0 Å². The molecule has 0 saturated heterocycles. The van der Waals surface area contributed by atoms with E-state index in [9.17, 15) is 19.3 Å². The van der Waals surface area contributed by atoms with Gasteiger partial charge in [-0.15, -0.1) is 0 Å². The van der Waals surface area contributed by atoms with Crippen LogP contribution in [0.15, 0.2) is 60.3 Å². The number of nitriles is 1. The number of nitrogens with one attached hydrogen (secondary N) is 2. The van der Waals surface area contributed by atoms with Gasteiger partial charge in [0.2, 0.25) is 0 Å². The number of hydrogen-bond acceptors (Lipinski definition) is 5. The summed E-state index contributed by atoms with van der Waals surface area (Å²) in [6, 6.07) is 13.4. The van der Waals surface area contributed by atoms with Crippen molar-refractivity contribution in [2.24, 2.45) is 0 Å². The molecule has 2 aromatic carbocycles. The van der Waals surface area contributed by atoms with Crippen LogP contribution in [-0.2, 0) is 11.2 Å². The van der Waals surface area contributed by atoms with E-state index in [0.717, 1.165) is 0 Å². The zero-order chi connectivity index (χ0) is 18.9. The van der Waals surface area contributed by atoms with E-state index in [4.69, 9.17) is 5.26 Å². The van der Waals surface area contributed by atoms with Gasteiger partial charge in [-0.2, -0.15) is 5.26 Å². The SMILES string of the molecule is N#C/C(=C/NCCc1ccccc1F)C(=O)Nc1ccc([N+](=O)[O-])cc1. The highest BCUT2D eigenvalue weighted by Crippen LogP contribution is 2.15. The summed E-state index contributed by atoms with van der Waals surface area (Å²) >= 11 is 0. The van der Waals surface area contributed by atoms with Crippen molar-refractivity contribution in [2.75, 3.05) is 11.9 Å². The molecular formula is C18H15FN4O3. The van der Waals surface area contributed by atoms with Crippen molar-refractivity contribution in [3.63, 3.8) is 0 Å². The molecule has 0 spiro atoms. The van der Waals surface area contributed by atoms with Crippen LogP contribution in [0, 0.1) is 27.3 Å². The summed E-state index contributed by atoms with van der Waals surface area (Å²) in [5.74, 6) is -0.963. The van der Waals surface area contributed by atoms with Gasteiger partial charge in [-0.3, -0.25) is 14.9 Å². The minimum atomic E-state index is -0.653. The fourth-order valence-electron chi connectivity index (χ4n) is 2.10. The maximum absolute atomic E-state index is 13.5. The van der Waals surface area contributed by atoms with Gasteiger partial charge >= 0.3 is 0 Å². The summed E-state index contributed by atoms with van der Waals surface area (Å²) in [5.41, 5.74) is 0.584. The molecule has 0 radical (unpaired) electrons. The van der Waals surface area contributed by atoms with Gasteiger partial charge in [0, 0.05) is 30.6 Å². The summed E-state index contributed by atoms with van der Waals surface area (Å²) in [7, 11) is 0. The first-order valence-corrected chi connectivity index (χ1v) is 7.64. The number of carbonyl (C=O) groups is 1. The summed E-state index contributed by atoms with van der Waals surface area (Å²) in [6.45, 7) is 0.344. The van der Waals surface area contributed by atoms with Crippen LogP contribution in [0.1, 0.15) is 5.56 Å². The van der Waals surface area contributed by atoms with Gasteiger partial charge in [0.25, 0.3) is 11.6 Å². The highest BCUT2D eigenvalue weighted by molar-refractivity contribution is 6.06. The Bertz CT molecular complexity index is 873. The number of carbonyl (C=O) groups excluding carboxylic acids is 1. The third kappa shape index (κ3) is 5.14. The average Bonchev–Trinajstić information content (AvgIpc) is 2.63. The minimum absolute atomic E-state index is 0.103.